The van der Waals surface area contributed by atoms with Crippen LogP contribution in [0.4, 0.5) is 17.2 Å². The predicted octanol–water partition coefficient (Wildman–Crippen LogP) is 3.94. The summed E-state index contributed by atoms with van der Waals surface area (Å²) in [6.45, 7) is 5.88. The molecule has 0 unspecified atom stereocenters. The topological polar surface area (TPSA) is 79.8 Å². The monoisotopic (exact) mass is 479 g/mol. The van der Waals surface area contributed by atoms with E-state index in [4.69, 9.17) is 9.47 Å². The number of hydrogen-bond acceptors (Lipinski definition) is 8. The van der Waals surface area contributed by atoms with Crippen LogP contribution in [-0.2, 0) is 4.79 Å². The van der Waals surface area contributed by atoms with Crippen molar-refractivity contribution in [3.8, 4) is 11.5 Å². The van der Waals surface area contributed by atoms with Gasteiger partial charge in [-0.2, -0.15) is 0 Å². The number of anilines is 3. The van der Waals surface area contributed by atoms with Crippen LogP contribution < -0.4 is 24.6 Å². The van der Waals surface area contributed by atoms with E-state index in [0.29, 0.717) is 18.0 Å². The largest absolute Gasteiger partial charge is 0.495 e. The zero-order valence-corrected chi connectivity index (χ0v) is 20.3. The highest BCUT2D eigenvalue weighted by atomic mass is 32.2. The van der Waals surface area contributed by atoms with Crippen LogP contribution in [-0.4, -0.2) is 61.5 Å². The molecule has 0 spiro atoms. The van der Waals surface area contributed by atoms with Gasteiger partial charge in [0.15, 0.2) is 0 Å². The van der Waals surface area contributed by atoms with Crippen molar-refractivity contribution in [1.29, 1.82) is 0 Å². The van der Waals surface area contributed by atoms with Crippen molar-refractivity contribution in [3.05, 3.63) is 60.9 Å². The van der Waals surface area contributed by atoms with Crippen LogP contribution in [0.25, 0.3) is 0 Å². The van der Waals surface area contributed by atoms with E-state index in [9.17, 15) is 4.79 Å². The predicted molar refractivity (Wildman–Crippen MR) is 136 cm³/mol. The Balaban J connectivity index is 1.32. The molecule has 0 atom stereocenters. The average Bonchev–Trinajstić information content (AvgIpc) is 2.89. The summed E-state index contributed by atoms with van der Waals surface area (Å²) in [5.74, 6) is 2.57. The number of nitrogens with zero attached hydrogens (tertiary/aromatic N) is 4. The minimum Gasteiger partial charge on any atom is -0.495 e. The number of hydrogen-bond donors (Lipinski definition) is 1. The van der Waals surface area contributed by atoms with Gasteiger partial charge in [-0.3, -0.25) is 4.79 Å². The molecular formula is C25H29N5O3S. The highest BCUT2D eigenvalue weighted by Crippen LogP contribution is 2.29. The summed E-state index contributed by atoms with van der Waals surface area (Å²) in [6.07, 6.45) is 1.56. The SMILES string of the molecule is CCOc1ccccc1NC(=O)CSc1cc(N2CCN(c3ccccc3OC)CC2)ncn1. The Hall–Kier alpha value is -3.46. The lowest BCUT2D eigenvalue weighted by Gasteiger charge is -2.37. The lowest BCUT2D eigenvalue weighted by molar-refractivity contribution is -0.113. The lowest BCUT2D eigenvalue weighted by Crippen LogP contribution is -2.47. The molecule has 3 aromatic rings. The summed E-state index contributed by atoms with van der Waals surface area (Å²) in [7, 11) is 1.70. The quantitative estimate of drug-likeness (QED) is 0.365. The number of thioether (sulfide) groups is 1. The van der Waals surface area contributed by atoms with Crippen LogP contribution in [0.3, 0.4) is 0 Å². The number of benzene rings is 2. The third-order valence-electron chi connectivity index (χ3n) is 5.47. The number of para-hydroxylation sites is 4. The maximum Gasteiger partial charge on any atom is 0.234 e. The van der Waals surface area contributed by atoms with E-state index < -0.39 is 0 Å². The van der Waals surface area contributed by atoms with Crippen LogP contribution in [0.1, 0.15) is 6.92 Å². The van der Waals surface area contributed by atoms with Crippen molar-refractivity contribution in [3.63, 3.8) is 0 Å². The molecule has 1 aromatic heterocycles. The minimum absolute atomic E-state index is 0.109. The van der Waals surface area contributed by atoms with Crippen molar-refractivity contribution in [1.82, 2.24) is 9.97 Å². The number of amides is 1. The second kappa shape index (κ2) is 11.6. The van der Waals surface area contributed by atoms with Crippen molar-refractivity contribution < 1.29 is 14.3 Å². The summed E-state index contributed by atoms with van der Waals surface area (Å²) in [4.78, 5) is 25.9. The molecule has 2 aromatic carbocycles. The van der Waals surface area contributed by atoms with Gasteiger partial charge in [-0.1, -0.05) is 36.0 Å². The second-order valence-corrected chi connectivity index (χ2v) is 8.62. The first-order valence-corrected chi connectivity index (χ1v) is 12.3. The Morgan fingerprint density at radius 1 is 1.00 bits per heavy atom. The Morgan fingerprint density at radius 3 is 2.47 bits per heavy atom. The number of rotatable bonds is 9. The second-order valence-electron chi connectivity index (χ2n) is 7.63. The summed E-state index contributed by atoms with van der Waals surface area (Å²) < 4.78 is 11.1. The third kappa shape index (κ3) is 5.91. The number of aromatic nitrogens is 2. The van der Waals surface area contributed by atoms with Crippen LogP contribution in [0.15, 0.2) is 66.0 Å². The number of carbonyl (C=O) groups excluding carboxylic acids is 1. The fourth-order valence-electron chi connectivity index (χ4n) is 3.83. The Bertz CT molecular complexity index is 1110. The minimum atomic E-state index is -0.109. The molecule has 34 heavy (non-hydrogen) atoms. The zero-order chi connectivity index (χ0) is 23.8. The number of methoxy groups -OCH3 is 1. The first-order valence-electron chi connectivity index (χ1n) is 11.3. The highest BCUT2D eigenvalue weighted by Gasteiger charge is 2.21. The van der Waals surface area contributed by atoms with E-state index in [2.05, 4.69) is 31.2 Å². The Labute approximate surface area is 204 Å². The van der Waals surface area contributed by atoms with Gasteiger partial charge >= 0.3 is 0 Å². The molecule has 4 rings (SSSR count). The molecule has 0 aliphatic carbocycles. The molecule has 1 saturated heterocycles. The van der Waals surface area contributed by atoms with Gasteiger partial charge < -0.3 is 24.6 Å². The van der Waals surface area contributed by atoms with E-state index >= 15 is 0 Å². The molecule has 2 heterocycles. The summed E-state index contributed by atoms with van der Waals surface area (Å²) in [5, 5.41) is 3.69. The highest BCUT2D eigenvalue weighted by molar-refractivity contribution is 7.99. The van der Waals surface area contributed by atoms with Gasteiger partial charge in [0.1, 0.15) is 28.7 Å². The molecule has 1 N–H and O–H groups in total. The molecule has 0 saturated carbocycles. The summed E-state index contributed by atoms with van der Waals surface area (Å²) in [6, 6.07) is 17.5. The molecule has 1 aliphatic rings. The first-order chi connectivity index (χ1) is 16.7. The van der Waals surface area contributed by atoms with Gasteiger partial charge in [-0.05, 0) is 31.2 Å². The maximum atomic E-state index is 12.5. The number of piperazine rings is 1. The van der Waals surface area contributed by atoms with Gasteiger partial charge in [0.25, 0.3) is 0 Å². The molecule has 1 amide bonds. The smallest absolute Gasteiger partial charge is 0.234 e. The van der Waals surface area contributed by atoms with Crippen molar-refractivity contribution >= 4 is 34.9 Å². The van der Waals surface area contributed by atoms with E-state index in [1.807, 2.05) is 55.5 Å². The molecule has 0 radical (unpaired) electrons. The Morgan fingerprint density at radius 2 is 1.71 bits per heavy atom. The van der Waals surface area contributed by atoms with E-state index in [-0.39, 0.29) is 11.7 Å². The molecule has 1 fully saturated rings. The number of ether oxygens (including phenoxy) is 2. The van der Waals surface area contributed by atoms with Gasteiger partial charge in [-0.15, -0.1) is 0 Å². The standard InChI is InChI=1S/C25H29N5O3S/c1-3-33-21-10-6-4-8-19(21)28-24(31)17-34-25-16-23(26-18-27-25)30-14-12-29(13-15-30)20-9-5-7-11-22(20)32-2/h4-11,16,18H,3,12-15,17H2,1-2H3,(H,28,31). The van der Waals surface area contributed by atoms with Gasteiger partial charge in [0, 0.05) is 32.2 Å². The summed E-state index contributed by atoms with van der Waals surface area (Å²) >= 11 is 1.39. The average molecular weight is 480 g/mol. The normalized spacial score (nSPS) is 13.5. The van der Waals surface area contributed by atoms with Gasteiger partial charge in [-0.25, -0.2) is 9.97 Å². The van der Waals surface area contributed by atoms with Crippen molar-refractivity contribution in [2.75, 3.05) is 60.8 Å². The van der Waals surface area contributed by atoms with Gasteiger partial charge in [0.2, 0.25) is 5.91 Å². The fraction of sp³-hybridized carbons (Fsp3) is 0.320. The Kier molecular flexibility index (Phi) is 8.08. The number of nitrogens with one attached hydrogen (secondary N) is 1. The van der Waals surface area contributed by atoms with Crippen LogP contribution >= 0.6 is 11.8 Å². The molecular weight excluding hydrogens is 450 g/mol. The molecule has 1 aliphatic heterocycles. The van der Waals surface area contributed by atoms with E-state index in [0.717, 1.165) is 48.5 Å². The zero-order valence-electron chi connectivity index (χ0n) is 19.4. The summed E-state index contributed by atoms with van der Waals surface area (Å²) in [5.41, 5.74) is 1.78. The fourth-order valence-corrected chi connectivity index (χ4v) is 4.49. The van der Waals surface area contributed by atoms with E-state index in [1.165, 1.54) is 11.8 Å². The van der Waals surface area contributed by atoms with Crippen LogP contribution in [0.2, 0.25) is 0 Å². The van der Waals surface area contributed by atoms with E-state index in [1.54, 1.807) is 13.4 Å². The molecule has 178 valence electrons. The number of carbonyl (C=O) groups is 1. The third-order valence-corrected chi connectivity index (χ3v) is 6.39. The van der Waals surface area contributed by atoms with Crippen molar-refractivity contribution in [2.24, 2.45) is 0 Å². The lowest BCUT2D eigenvalue weighted by atomic mass is 10.2. The van der Waals surface area contributed by atoms with Crippen LogP contribution in [0.5, 0.6) is 11.5 Å². The first kappa shape index (κ1) is 23.7. The van der Waals surface area contributed by atoms with Crippen molar-refractivity contribution in [2.45, 2.75) is 11.9 Å². The molecule has 0 bridgehead atoms. The molecule has 9 heteroatoms. The van der Waals surface area contributed by atoms with Crippen LogP contribution in [0, 0.1) is 0 Å². The van der Waals surface area contributed by atoms with Gasteiger partial charge in [0.05, 0.1) is 30.8 Å². The molecule has 8 nitrogen and oxygen atoms in total. The maximum absolute atomic E-state index is 12.5.